The molecular weight excluding hydrogens is 261 g/mol. The summed E-state index contributed by atoms with van der Waals surface area (Å²) >= 11 is 3.24. The SMILES string of the molecule is Fc1cc(Br)cc2nnn(CC3CC3)c12. The van der Waals surface area contributed by atoms with E-state index in [1.54, 1.807) is 10.7 Å². The van der Waals surface area contributed by atoms with Gasteiger partial charge < -0.3 is 0 Å². The van der Waals surface area contributed by atoms with Gasteiger partial charge in [-0.3, -0.25) is 0 Å². The maximum absolute atomic E-state index is 13.7. The molecule has 3 nitrogen and oxygen atoms in total. The fraction of sp³-hybridized carbons (Fsp3) is 0.400. The molecule has 1 saturated carbocycles. The lowest BCUT2D eigenvalue weighted by Crippen LogP contribution is -2.02. The van der Waals surface area contributed by atoms with Crippen molar-refractivity contribution < 1.29 is 4.39 Å². The van der Waals surface area contributed by atoms with Crippen LogP contribution in [0.3, 0.4) is 0 Å². The molecule has 5 heteroatoms. The maximum atomic E-state index is 13.7. The lowest BCUT2D eigenvalue weighted by Gasteiger charge is -2.00. The summed E-state index contributed by atoms with van der Waals surface area (Å²) in [7, 11) is 0. The monoisotopic (exact) mass is 269 g/mol. The Hall–Kier alpha value is -0.970. The van der Waals surface area contributed by atoms with Gasteiger partial charge in [-0.1, -0.05) is 21.1 Å². The van der Waals surface area contributed by atoms with Crippen LogP contribution < -0.4 is 0 Å². The van der Waals surface area contributed by atoms with Crippen molar-refractivity contribution in [1.29, 1.82) is 0 Å². The second kappa shape index (κ2) is 3.27. The normalized spacial score (nSPS) is 16.1. The van der Waals surface area contributed by atoms with E-state index in [9.17, 15) is 4.39 Å². The molecule has 1 heterocycles. The quantitative estimate of drug-likeness (QED) is 0.840. The molecule has 3 rings (SSSR count). The van der Waals surface area contributed by atoms with Crippen LogP contribution in [0.15, 0.2) is 16.6 Å². The van der Waals surface area contributed by atoms with Gasteiger partial charge in [0.15, 0.2) is 5.82 Å². The van der Waals surface area contributed by atoms with Crippen LogP contribution >= 0.6 is 15.9 Å². The Morgan fingerprint density at radius 1 is 1.47 bits per heavy atom. The highest BCUT2D eigenvalue weighted by Crippen LogP contribution is 2.31. The van der Waals surface area contributed by atoms with E-state index in [1.165, 1.54) is 18.9 Å². The Labute approximate surface area is 94.4 Å². The first-order valence-electron chi connectivity index (χ1n) is 4.92. The first kappa shape index (κ1) is 9.27. The molecule has 2 aromatic rings. The Morgan fingerprint density at radius 3 is 3.00 bits per heavy atom. The number of benzene rings is 1. The molecule has 0 atom stereocenters. The third-order valence-electron chi connectivity index (χ3n) is 2.65. The first-order valence-corrected chi connectivity index (χ1v) is 5.71. The van der Waals surface area contributed by atoms with Gasteiger partial charge >= 0.3 is 0 Å². The molecule has 1 aliphatic carbocycles. The highest BCUT2D eigenvalue weighted by molar-refractivity contribution is 9.10. The lowest BCUT2D eigenvalue weighted by atomic mass is 10.3. The smallest absolute Gasteiger partial charge is 0.151 e. The molecule has 15 heavy (non-hydrogen) atoms. The second-order valence-electron chi connectivity index (χ2n) is 3.97. The Bertz CT molecular complexity index is 519. The van der Waals surface area contributed by atoms with Crippen LogP contribution in [0.4, 0.5) is 4.39 Å². The zero-order valence-corrected chi connectivity index (χ0v) is 9.54. The van der Waals surface area contributed by atoms with Gasteiger partial charge in [0, 0.05) is 11.0 Å². The van der Waals surface area contributed by atoms with Gasteiger partial charge in [0.05, 0.1) is 0 Å². The van der Waals surface area contributed by atoms with E-state index < -0.39 is 0 Å². The standard InChI is InChI=1S/C10H9BrFN3/c11-7-3-8(12)10-9(4-7)13-14-15(10)5-6-1-2-6/h3-4,6H,1-2,5H2. The van der Waals surface area contributed by atoms with Crippen molar-refractivity contribution in [2.45, 2.75) is 19.4 Å². The average Bonchev–Trinajstić information content (AvgIpc) is 2.87. The average molecular weight is 270 g/mol. The fourth-order valence-electron chi connectivity index (χ4n) is 1.70. The van der Waals surface area contributed by atoms with E-state index in [4.69, 9.17) is 0 Å². The van der Waals surface area contributed by atoms with Gasteiger partial charge in [-0.15, -0.1) is 5.10 Å². The Morgan fingerprint density at radius 2 is 2.27 bits per heavy atom. The molecule has 1 aromatic carbocycles. The number of fused-ring (bicyclic) bond motifs is 1. The van der Waals surface area contributed by atoms with Crippen molar-refractivity contribution in [2.24, 2.45) is 5.92 Å². The van der Waals surface area contributed by atoms with Crippen LogP contribution in [0, 0.1) is 11.7 Å². The molecule has 0 bridgehead atoms. The highest BCUT2D eigenvalue weighted by atomic mass is 79.9. The molecule has 0 spiro atoms. The molecule has 1 aromatic heterocycles. The third kappa shape index (κ3) is 1.65. The number of hydrogen-bond donors (Lipinski definition) is 0. The van der Waals surface area contributed by atoms with Crippen molar-refractivity contribution in [1.82, 2.24) is 15.0 Å². The van der Waals surface area contributed by atoms with Gasteiger partial charge in [-0.2, -0.15) is 0 Å². The van der Waals surface area contributed by atoms with Crippen molar-refractivity contribution in [2.75, 3.05) is 0 Å². The number of hydrogen-bond acceptors (Lipinski definition) is 2. The zero-order valence-electron chi connectivity index (χ0n) is 7.95. The topological polar surface area (TPSA) is 30.7 Å². The molecular formula is C10H9BrFN3. The molecule has 0 saturated heterocycles. The van der Waals surface area contributed by atoms with E-state index in [1.807, 2.05) is 0 Å². The molecule has 1 fully saturated rings. The van der Waals surface area contributed by atoms with Crippen molar-refractivity contribution >= 4 is 27.0 Å². The predicted octanol–water partition coefficient (Wildman–Crippen LogP) is 2.74. The van der Waals surface area contributed by atoms with E-state index in [0.29, 0.717) is 21.4 Å². The van der Waals surface area contributed by atoms with Crippen LogP contribution in [0.25, 0.3) is 11.0 Å². The molecule has 0 N–H and O–H groups in total. The van der Waals surface area contributed by atoms with Gasteiger partial charge in [0.25, 0.3) is 0 Å². The van der Waals surface area contributed by atoms with Crippen LogP contribution in [-0.2, 0) is 6.54 Å². The van der Waals surface area contributed by atoms with E-state index in [-0.39, 0.29) is 5.82 Å². The molecule has 0 radical (unpaired) electrons. The van der Waals surface area contributed by atoms with Crippen LogP contribution in [0.1, 0.15) is 12.8 Å². The maximum Gasteiger partial charge on any atom is 0.151 e. The number of rotatable bonds is 2. The van der Waals surface area contributed by atoms with Gasteiger partial charge in [-0.05, 0) is 30.9 Å². The summed E-state index contributed by atoms with van der Waals surface area (Å²) in [5.41, 5.74) is 1.13. The van der Waals surface area contributed by atoms with E-state index in [0.717, 1.165) is 6.54 Å². The van der Waals surface area contributed by atoms with Crippen molar-refractivity contribution in [3.8, 4) is 0 Å². The predicted molar refractivity (Wildman–Crippen MR) is 57.9 cm³/mol. The summed E-state index contributed by atoms with van der Waals surface area (Å²) in [6.45, 7) is 0.787. The largest absolute Gasteiger partial charge is 0.241 e. The second-order valence-corrected chi connectivity index (χ2v) is 4.89. The minimum absolute atomic E-state index is 0.259. The molecule has 0 unspecified atom stereocenters. The van der Waals surface area contributed by atoms with Crippen molar-refractivity contribution in [3.63, 3.8) is 0 Å². The Balaban J connectivity index is 2.14. The van der Waals surface area contributed by atoms with Gasteiger partial charge in [0.1, 0.15) is 11.0 Å². The van der Waals surface area contributed by atoms with Crippen LogP contribution in [-0.4, -0.2) is 15.0 Å². The van der Waals surface area contributed by atoms with Gasteiger partial charge in [-0.25, -0.2) is 9.07 Å². The van der Waals surface area contributed by atoms with Crippen LogP contribution in [0.2, 0.25) is 0 Å². The van der Waals surface area contributed by atoms with E-state index >= 15 is 0 Å². The van der Waals surface area contributed by atoms with E-state index in [2.05, 4.69) is 26.2 Å². The highest BCUT2D eigenvalue weighted by Gasteiger charge is 2.24. The summed E-state index contributed by atoms with van der Waals surface area (Å²) in [6.07, 6.45) is 2.44. The molecule has 0 aliphatic heterocycles. The van der Waals surface area contributed by atoms with Crippen LogP contribution in [0.5, 0.6) is 0 Å². The third-order valence-corrected chi connectivity index (χ3v) is 3.11. The summed E-state index contributed by atoms with van der Waals surface area (Å²) in [4.78, 5) is 0. The van der Waals surface area contributed by atoms with Gasteiger partial charge in [0.2, 0.25) is 0 Å². The fourth-order valence-corrected chi connectivity index (χ4v) is 2.12. The summed E-state index contributed by atoms with van der Waals surface area (Å²) in [6, 6.07) is 3.24. The molecule has 78 valence electrons. The summed E-state index contributed by atoms with van der Waals surface area (Å²) in [5.74, 6) is 0.406. The number of nitrogens with zero attached hydrogens (tertiary/aromatic N) is 3. The molecule has 0 amide bonds. The molecule has 1 aliphatic rings. The summed E-state index contributed by atoms with van der Waals surface area (Å²) in [5, 5.41) is 7.95. The Kier molecular flexibility index (Phi) is 2.02. The minimum atomic E-state index is -0.259. The summed E-state index contributed by atoms with van der Waals surface area (Å²) < 4.78 is 16.1. The minimum Gasteiger partial charge on any atom is -0.241 e. The number of halogens is 2. The zero-order chi connectivity index (χ0) is 10.4. The number of aromatic nitrogens is 3. The first-order chi connectivity index (χ1) is 7.24. The van der Waals surface area contributed by atoms with Crippen molar-refractivity contribution in [3.05, 3.63) is 22.4 Å². The lowest BCUT2D eigenvalue weighted by molar-refractivity contribution is 0.544.